The zero-order valence-corrected chi connectivity index (χ0v) is 32.9. The molecule has 6 heteroatoms. The van der Waals surface area contributed by atoms with Crippen LogP contribution >= 0.6 is 0 Å². The largest absolute Gasteiger partial charge is 2.00 e. The molecule has 268 valence electrons. The van der Waals surface area contributed by atoms with E-state index in [-0.39, 0.29) is 21.1 Å². The Hall–Kier alpha value is -6.55. The third-order valence-electron chi connectivity index (χ3n) is 11.0. The van der Waals surface area contributed by atoms with E-state index in [1.807, 2.05) is 24.4 Å². The van der Waals surface area contributed by atoms with Crippen LogP contribution in [0.15, 0.2) is 164 Å². The van der Waals surface area contributed by atoms with E-state index in [1.165, 1.54) is 22.3 Å². The fraction of sp³-hybridized carbons (Fsp3) is 0.0400. The van der Waals surface area contributed by atoms with Gasteiger partial charge < -0.3 is 9.55 Å². The average Bonchev–Trinajstić information content (AvgIpc) is 3.91. The van der Waals surface area contributed by atoms with Crippen molar-refractivity contribution in [3.63, 3.8) is 0 Å². The van der Waals surface area contributed by atoms with E-state index in [0.29, 0.717) is 0 Å². The molecule has 0 aliphatic rings. The van der Waals surface area contributed by atoms with Crippen LogP contribution in [-0.2, 0) is 21.1 Å². The minimum Gasteiger partial charge on any atom is -0.656 e. The first kappa shape index (κ1) is 34.0. The van der Waals surface area contributed by atoms with Crippen molar-refractivity contribution in [1.29, 1.82) is 0 Å². The summed E-state index contributed by atoms with van der Waals surface area (Å²) in [6.45, 7) is 4.37. The third-order valence-corrected chi connectivity index (χ3v) is 11.0. The molecule has 56 heavy (non-hydrogen) atoms. The molecule has 0 atom stereocenters. The Kier molecular flexibility index (Phi) is 8.09. The zero-order valence-electron chi connectivity index (χ0n) is 30.6. The first-order valence-corrected chi connectivity index (χ1v) is 18.6. The second-order valence-electron chi connectivity index (χ2n) is 14.3. The van der Waals surface area contributed by atoms with Crippen molar-refractivity contribution in [2.75, 3.05) is 0 Å². The molecule has 0 radical (unpaired) electrons. The molecule has 0 saturated heterocycles. The molecular weight excluding hydrogens is 866 g/mol. The Balaban J connectivity index is 0.00000384. The summed E-state index contributed by atoms with van der Waals surface area (Å²) in [5.74, 6) is 1.70. The van der Waals surface area contributed by atoms with Gasteiger partial charge in [0.1, 0.15) is 11.6 Å². The van der Waals surface area contributed by atoms with Gasteiger partial charge in [0.25, 0.3) is 0 Å². The van der Waals surface area contributed by atoms with E-state index >= 15 is 0 Å². The van der Waals surface area contributed by atoms with Crippen molar-refractivity contribution in [3.8, 4) is 45.1 Å². The van der Waals surface area contributed by atoms with Crippen LogP contribution in [0, 0.1) is 19.9 Å². The normalized spacial score (nSPS) is 11.6. The number of para-hydroxylation sites is 4. The van der Waals surface area contributed by atoms with Crippen LogP contribution in [0.5, 0.6) is 0 Å². The number of benzene rings is 7. The van der Waals surface area contributed by atoms with Gasteiger partial charge in [0.2, 0.25) is 0 Å². The molecule has 11 aromatic rings. The number of rotatable bonds is 5. The van der Waals surface area contributed by atoms with Crippen LogP contribution in [0.4, 0.5) is 0 Å². The summed E-state index contributed by atoms with van der Waals surface area (Å²) >= 11 is 0. The standard InChI is InChI=1S/C50H33N5.Pt/c1-31-13-10-14-32(2)47(31)34-25-27-39-38-26-24-33(29-44(38)55(45(39)30-34)46-23-8-9-28-51-46)36-18-12-22-43-49(36)53-50(54(43)35-15-4-3-5-16-35)41-20-11-19-40-37-17-6-7-21-42(37)52-48(40)41;/h3-28,30H,1-2H3;/q-2;+2. The van der Waals surface area contributed by atoms with E-state index in [0.717, 1.165) is 88.7 Å². The average molecular weight is 899 g/mol. The van der Waals surface area contributed by atoms with Crippen LogP contribution in [0.2, 0.25) is 0 Å². The molecule has 0 N–H and O–H groups in total. The van der Waals surface area contributed by atoms with Crippen molar-refractivity contribution in [2.24, 2.45) is 0 Å². The van der Waals surface area contributed by atoms with E-state index in [9.17, 15) is 0 Å². The van der Waals surface area contributed by atoms with E-state index in [2.05, 4.69) is 169 Å². The van der Waals surface area contributed by atoms with Gasteiger partial charge in [-0.3, -0.25) is 4.57 Å². The molecule has 0 aliphatic heterocycles. The molecule has 0 aliphatic carbocycles. The first-order valence-electron chi connectivity index (χ1n) is 18.6. The smallest absolute Gasteiger partial charge is 0.656 e. The fourth-order valence-electron chi connectivity index (χ4n) is 8.56. The number of nitrogens with zero attached hydrogens (tertiary/aromatic N) is 5. The summed E-state index contributed by atoms with van der Waals surface area (Å²) in [7, 11) is 0. The molecule has 0 spiro atoms. The second-order valence-corrected chi connectivity index (χ2v) is 14.3. The summed E-state index contributed by atoms with van der Waals surface area (Å²) in [6, 6.07) is 59.4. The van der Waals surface area contributed by atoms with Gasteiger partial charge in [-0.15, -0.1) is 34.8 Å². The van der Waals surface area contributed by atoms with E-state index in [1.54, 1.807) is 0 Å². The number of aryl methyl sites for hydroxylation is 2. The summed E-state index contributed by atoms with van der Waals surface area (Å²) in [5.41, 5.74) is 14.9. The van der Waals surface area contributed by atoms with Crippen molar-refractivity contribution >= 4 is 54.6 Å². The van der Waals surface area contributed by atoms with Gasteiger partial charge in [-0.1, -0.05) is 120 Å². The van der Waals surface area contributed by atoms with Gasteiger partial charge in [-0.2, -0.15) is 0 Å². The summed E-state index contributed by atoms with van der Waals surface area (Å²) < 4.78 is 4.53. The summed E-state index contributed by atoms with van der Waals surface area (Å²) in [4.78, 5) is 15.5. The van der Waals surface area contributed by atoms with E-state index < -0.39 is 0 Å². The molecule has 4 heterocycles. The molecule has 0 bridgehead atoms. The minimum atomic E-state index is 0. The maximum absolute atomic E-state index is 5.50. The van der Waals surface area contributed by atoms with Gasteiger partial charge in [0.05, 0.1) is 11.0 Å². The van der Waals surface area contributed by atoms with Crippen molar-refractivity contribution in [3.05, 3.63) is 181 Å². The Labute approximate surface area is 338 Å². The van der Waals surface area contributed by atoms with Crippen LogP contribution < -0.4 is 4.98 Å². The molecule has 0 saturated carbocycles. The van der Waals surface area contributed by atoms with Crippen LogP contribution in [-0.4, -0.2) is 19.1 Å². The van der Waals surface area contributed by atoms with Crippen molar-refractivity contribution < 1.29 is 21.1 Å². The van der Waals surface area contributed by atoms with Gasteiger partial charge in [-0.25, -0.2) is 9.97 Å². The monoisotopic (exact) mass is 898 g/mol. The molecule has 11 rings (SSSR count). The minimum absolute atomic E-state index is 0. The van der Waals surface area contributed by atoms with E-state index in [4.69, 9.17) is 15.0 Å². The van der Waals surface area contributed by atoms with Gasteiger partial charge in [0.15, 0.2) is 0 Å². The second kappa shape index (κ2) is 13.3. The topological polar surface area (TPSA) is 49.7 Å². The number of imidazole rings is 1. The summed E-state index contributed by atoms with van der Waals surface area (Å²) in [5, 5.41) is 4.56. The zero-order chi connectivity index (χ0) is 36.6. The molecular formula is C50H33N5Pt. The SMILES string of the molecule is Cc1cccc(C)c1-c1ccc2c3ccc(-c4cccc5c4nc(-c4cccc6c4[n-]c4ccccc46)n5-c4ccccc4)[c-]c3n(-c3ccccn3)c2c1.[Pt+2]. The Morgan fingerprint density at radius 2 is 1.30 bits per heavy atom. The molecule has 0 unspecified atom stereocenters. The maximum Gasteiger partial charge on any atom is 2.00 e. The predicted molar refractivity (Wildman–Crippen MR) is 226 cm³/mol. The van der Waals surface area contributed by atoms with Gasteiger partial charge in [-0.05, 0) is 94.2 Å². The molecule has 4 aromatic heterocycles. The Morgan fingerprint density at radius 1 is 0.571 bits per heavy atom. The Morgan fingerprint density at radius 3 is 2.14 bits per heavy atom. The number of hydrogen-bond acceptors (Lipinski definition) is 2. The maximum atomic E-state index is 5.50. The quantitative estimate of drug-likeness (QED) is 0.162. The fourth-order valence-corrected chi connectivity index (χ4v) is 8.56. The molecule has 7 aromatic carbocycles. The predicted octanol–water partition coefficient (Wildman–Crippen LogP) is 12.2. The first-order chi connectivity index (χ1) is 27.1. The van der Waals surface area contributed by atoms with Crippen LogP contribution in [0.25, 0.3) is 99.8 Å². The molecule has 0 fully saturated rings. The third kappa shape index (κ3) is 5.19. The van der Waals surface area contributed by atoms with Gasteiger partial charge in [0, 0.05) is 23.0 Å². The number of hydrogen-bond donors (Lipinski definition) is 0. The van der Waals surface area contributed by atoms with Crippen molar-refractivity contribution in [1.82, 2.24) is 24.1 Å². The van der Waals surface area contributed by atoms with Gasteiger partial charge >= 0.3 is 21.1 Å². The molecule has 0 amide bonds. The number of pyridine rings is 1. The molecule has 5 nitrogen and oxygen atoms in total. The Bertz CT molecular complexity index is 3260. The van der Waals surface area contributed by atoms with Crippen molar-refractivity contribution in [2.45, 2.75) is 13.8 Å². The summed E-state index contributed by atoms with van der Waals surface area (Å²) in [6.07, 6.45) is 1.86. The number of aromatic nitrogens is 5. The number of fused-ring (bicyclic) bond motifs is 7. The van der Waals surface area contributed by atoms with Crippen LogP contribution in [0.3, 0.4) is 0 Å². The van der Waals surface area contributed by atoms with Crippen LogP contribution in [0.1, 0.15) is 11.1 Å².